The normalized spacial score (nSPS) is 10.8. The molecule has 1 heterocycles. The van der Waals surface area contributed by atoms with E-state index in [-0.39, 0.29) is 30.0 Å². The summed E-state index contributed by atoms with van der Waals surface area (Å²) in [5, 5.41) is 6.73. The van der Waals surface area contributed by atoms with E-state index in [1.54, 1.807) is 42.3 Å². The highest BCUT2D eigenvalue weighted by molar-refractivity contribution is 5.94. The predicted molar refractivity (Wildman–Crippen MR) is 121 cm³/mol. The summed E-state index contributed by atoms with van der Waals surface area (Å²) in [6.45, 7) is 7.24. The van der Waals surface area contributed by atoms with Crippen molar-refractivity contribution in [2.24, 2.45) is 5.92 Å². The van der Waals surface area contributed by atoms with Crippen molar-refractivity contribution in [3.8, 4) is 5.75 Å². The number of carbonyl (C=O) groups excluding carboxylic acids is 2. The van der Waals surface area contributed by atoms with Crippen LogP contribution in [0.3, 0.4) is 0 Å². The number of hydrogen-bond acceptors (Lipinski definition) is 5. The Morgan fingerprint density at radius 1 is 1.12 bits per heavy atom. The summed E-state index contributed by atoms with van der Waals surface area (Å²) in [7, 11) is 1.56. The van der Waals surface area contributed by atoms with E-state index < -0.39 is 0 Å². The molecule has 0 radical (unpaired) electrons. The second-order valence-corrected chi connectivity index (χ2v) is 8.16. The number of benzene rings is 2. The van der Waals surface area contributed by atoms with Crippen molar-refractivity contribution in [3.05, 3.63) is 82.7 Å². The molecule has 0 unspecified atom stereocenters. The smallest absolute Gasteiger partial charge is 0.273 e. The van der Waals surface area contributed by atoms with E-state index in [1.165, 1.54) is 0 Å². The quantitative estimate of drug-likeness (QED) is 0.544. The minimum absolute atomic E-state index is 0.139. The highest BCUT2D eigenvalue weighted by Crippen LogP contribution is 2.17. The molecule has 7 nitrogen and oxygen atoms in total. The number of nitrogens with one attached hydrogen (secondary N) is 1. The summed E-state index contributed by atoms with van der Waals surface area (Å²) in [6.07, 6.45) is 0. The third-order valence-corrected chi connectivity index (χ3v) is 4.90. The van der Waals surface area contributed by atoms with Crippen LogP contribution in [0.1, 0.15) is 51.6 Å². The molecule has 2 amide bonds. The van der Waals surface area contributed by atoms with Gasteiger partial charge in [-0.25, -0.2) is 0 Å². The molecule has 168 valence electrons. The van der Waals surface area contributed by atoms with Crippen LogP contribution < -0.4 is 10.1 Å². The van der Waals surface area contributed by atoms with Gasteiger partial charge in [0.2, 0.25) is 0 Å². The zero-order valence-corrected chi connectivity index (χ0v) is 18.9. The van der Waals surface area contributed by atoms with Gasteiger partial charge in [0.05, 0.1) is 13.7 Å². The van der Waals surface area contributed by atoms with Crippen LogP contribution in [0, 0.1) is 12.8 Å². The maximum atomic E-state index is 13.1. The largest absolute Gasteiger partial charge is 0.497 e. The number of hydrogen-bond donors (Lipinski definition) is 1. The summed E-state index contributed by atoms with van der Waals surface area (Å²) in [5.41, 5.74) is 2.88. The van der Waals surface area contributed by atoms with Crippen LogP contribution >= 0.6 is 0 Å². The van der Waals surface area contributed by atoms with E-state index in [2.05, 4.69) is 10.5 Å². The average molecular weight is 436 g/mol. The fraction of sp³-hybridized carbons (Fsp3) is 0.320. The molecule has 32 heavy (non-hydrogen) atoms. The van der Waals surface area contributed by atoms with Gasteiger partial charge in [-0.05, 0) is 36.6 Å². The number of methoxy groups -OCH3 is 1. The summed E-state index contributed by atoms with van der Waals surface area (Å²) in [6, 6.07) is 16.6. The van der Waals surface area contributed by atoms with Gasteiger partial charge in [0.25, 0.3) is 11.8 Å². The monoisotopic (exact) mass is 435 g/mol. The second-order valence-electron chi connectivity index (χ2n) is 8.16. The number of carbonyl (C=O) groups is 2. The Kier molecular flexibility index (Phi) is 7.65. The Bertz CT molecular complexity index is 1060. The van der Waals surface area contributed by atoms with Gasteiger partial charge in [0.1, 0.15) is 5.75 Å². The third kappa shape index (κ3) is 6.20. The van der Waals surface area contributed by atoms with E-state index in [1.807, 2.05) is 45.0 Å². The molecule has 3 rings (SSSR count). The van der Waals surface area contributed by atoms with Gasteiger partial charge in [0, 0.05) is 24.7 Å². The zero-order valence-electron chi connectivity index (χ0n) is 18.9. The number of aromatic nitrogens is 1. The molecular weight excluding hydrogens is 406 g/mol. The first-order valence-corrected chi connectivity index (χ1v) is 10.6. The van der Waals surface area contributed by atoms with Crippen molar-refractivity contribution < 1.29 is 18.8 Å². The lowest BCUT2D eigenvalue weighted by molar-refractivity contribution is 0.0705. The minimum atomic E-state index is -0.324. The van der Waals surface area contributed by atoms with Gasteiger partial charge >= 0.3 is 0 Å². The van der Waals surface area contributed by atoms with E-state index in [0.717, 1.165) is 11.1 Å². The van der Waals surface area contributed by atoms with Crippen LogP contribution in [0.4, 0.5) is 0 Å². The highest BCUT2D eigenvalue weighted by atomic mass is 16.5. The molecule has 0 aliphatic carbocycles. The van der Waals surface area contributed by atoms with Gasteiger partial charge in [-0.15, -0.1) is 0 Å². The molecule has 7 heteroatoms. The fourth-order valence-electron chi connectivity index (χ4n) is 3.26. The number of rotatable bonds is 9. The first-order chi connectivity index (χ1) is 15.4. The number of nitrogens with zero attached hydrogens (tertiary/aromatic N) is 2. The lowest BCUT2D eigenvalue weighted by Gasteiger charge is -2.23. The van der Waals surface area contributed by atoms with Crippen LogP contribution in [0.2, 0.25) is 0 Å². The van der Waals surface area contributed by atoms with Crippen molar-refractivity contribution in [2.75, 3.05) is 13.7 Å². The number of amides is 2. The predicted octanol–water partition coefficient (Wildman–Crippen LogP) is 4.22. The van der Waals surface area contributed by atoms with Crippen LogP contribution in [-0.4, -0.2) is 35.5 Å². The Morgan fingerprint density at radius 2 is 1.88 bits per heavy atom. The molecule has 1 aromatic heterocycles. The standard InChI is InChI=1S/C25H29N3O4/c1-17(2)15-28(25(30)20-6-5-7-21(12-20)31-4)16-22-13-23(27-32-22)24(29)26-14-19-10-8-18(3)9-11-19/h5-13,17H,14-16H2,1-4H3,(H,26,29). The van der Waals surface area contributed by atoms with Gasteiger partial charge < -0.3 is 19.5 Å². The molecule has 0 atom stereocenters. The molecule has 0 spiro atoms. The van der Waals surface area contributed by atoms with E-state index >= 15 is 0 Å². The van der Waals surface area contributed by atoms with E-state index in [4.69, 9.17) is 9.26 Å². The molecule has 0 saturated heterocycles. The molecule has 2 aromatic carbocycles. The first-order valence-electron chi connectivity index (χ1n) is 10.6. The maximum Gasteiger partial charge on any atom is 0.273 e. The zero-order chi connectivity index (χ0) is 23.1. The van der Waals surface area contributed by atoms with Crippen molar-refractivity contribution >= 4 is 11.8 Å². The highest BCUT2D eigenvalue weighted by Gasteiger charge is 2.21. The lowest BCUT2D eigenvalue weighted by Crippen LogP contribution is -2.33. The summed E-state index contributed by atoms with van der Waals surface area (Å²) >= 11 is 0. The first kappa shape index (κ1) is 23.1. The minimum Gasteiger partial charge on any atom is -0.497 e. The summed E-state index contributed by atoms with van der Waals surface area (Å²) in [4.78, 5) is 27.3. The van der Waals surface area contributed by atoms with Crippen LogP contribution in [0.5, 0.6) is 5.75 Å². The Morgan fingerprint density at radius 3 is 2.56 bits per heavy atom. The van der Waals surface area contributed by atoms with Crippen LogP contribution in [0.15, 0.2) is 59.1 Å². The summed E-state index contributed by atoms with van der Waals surface area (Å²) in [5.74, 6) is 0.856. The Labute approximate surface area is 188 Å². The maximum absolute atomic E-state index is 13.1. The Balaban J connectivity index is 1.67. The molecular formula is C25H29N3O4. The van der Waals surface area contributed by atoms with Gasteiger partial charge in [-0.3, -0.25) is 9.59 Å². The molecule has 0 aliphatic heterocycles. The molecule has 3 aromatic rings. The topological polar surface area (TPSA) is 84.7 Å². The van der Waals surface area contributed by atoms with Crippen molar-refractivity contribution in [1.29, 1.82) is 0 Å². The van der Waals surface area contributed by atoms with Crippen molar-refractivity contribution in [1.82, 2.24) is 15.4 Å². The molecule has 0 saturated carbocycles. The van der Waals surface area contributed by atoms with Gasteiger partial charge in [0.15, 0.2) is 11.5 Å². The lowest BCUT2D eigenvalue weighted by atomic mass is 10.1. The van der Waals surface area contributed by atoms with Crippen molar-refractivity contribution in [3.63, 3.8) is 0 Å². The van der Waals surface area contributed by atoms with E-state index in [0.29, 0.717) is 30.2 Å². The second kappa shape index (κ2) is 10.6. The van der Waals surface area contributed by atoms with Gasteiger partial charge in [-0.1, -0.05) is 54.9 Å². The summed E-state index contributed by atoms with van der Waals surface area (Å²) < 4.78 is 10.6. The molecule has 0 aliphatic rings. The molecule has 0 fully saturated rings. The number of aryl methyl sites for hydroxylation is 1. The van der Waals surface area contributed by atoms with Crippen molar-refractivity contribution in [2.45, 2.75) is 33.9 Å². The van der Waals surface area contributed by atoms with E-state index in [9.17, 15) is 9.59 Å². The van der Waals surface area contributed by atoms with Crippen LogP contribution in [-0.2, 0) is 13.1 Å². The average Bonchev–Trinajstić information content (AvgIpc) is 3.26. The molecule has 0 bridgehead atoms. The molecule has 1 N–H and O–H groups in total. The fourth-order valence-corrected chi connectivity index (χ4v) is 3.26. The Hall–Kier alpha value is -3.61. The SMILES string of the molecule is COc1cccc(C(=O)N(Cc2cc(C(=O)NCc3ccc(C)cc3)no2)CC(C)C)c1. The van der Waals surface area contributed by atoms with Crippen LogP contribution in [0.25, 0.3) is 0 Å². The van der Waals surface area contributed by atoms with Gasteiger partial charge in [-0.2, -0.15) is 0 Å². The third-order valence-electron chi connectivity index (χ3n) is 4.90. The number of ether oxygens (including phenoxy) is 1.